The monoisotopic (exact) mass is 592 g/mol. The van der Waals surface area contributed by atoms with Crippen LogP contribution in [0.3, 0.4) is 0 Å². The first kappa shape index (κ1) is 24.6. The van der Waals surface area contributed by atoms with Gasteiger partial charge in [0, 0.05) is 59.2 Å². The van der Waals surface area contributed by atoms with E-state index in [9.17, 15) is 0 Å². The van der Waals surface area contributed by atoms with Crippen LogP contribution in [0.2, 0.25) is 0 Å². The highest BCUT2D eigenvalue weighted by atomic mass is 32.1. The maximum absolute atomic E-state index is 5.32. The van der Waals surface area contributed by atoms with Crippen LogP contribution in [0.4, 0.5) is 0 Å². The van der Waals surface area contributed by atoms with Gasteiger partial charge in [0.25, 0.3) is 0 Å². The van der Waals surface area contributed by atoms with E-state index in [4.69, 9.17) is 9.97 Å². The molecule has 4 heterocycles. The lowest BCUT2D eigenvalue weighted by molar-refractivity contribution is 1.01. The van der Waals surface area contributed by atoms with E-state index < -0.39 is 0 Å². The van der Waals surface area contributed by atoms with Crippen molar-refractivity contribution >= 4 is 75.1 Å². The van der Waals surface area contributed by atoms with Crippen LogP contribution in [0.15, 0.2) is 146 Å². The molecule has 0 aliphatic carbocycles. The zero-order valence-corrected chi connectivity index (χ0v) is 24.9. The number of thiophene rings is 1. The van der Waals surface area contributed by atoms with Crippen molar-refractivity contribution in [3.63, 3.8) is 0 Å². The number of para-hydroxylation sites is 2. The van der Waals surface area contributed by atoms with Gasteiger partial charge in [0.1, 0.15) is 0 Å². The third kappa shape index (κ3) is 3.65. The number of aromatic nitrogens is 4. The lowest BCUT2D eigenvalue weighted by Gasteiger charge is -2.12. The summed E-state index contributed by atoms with van der Waals surface area (Å²) in [6, 6.07) is 49.6. The number of benzene rings is 6. The van der Waals surface area contributed by atoms with E-state index in [0.717, 1.165) is 38.9 Å². The molecule has 10 aromatic rings. The first-order chi connectivity index (χ1) is 22.3. The molecule has 0 bridgehead atoms. The van der Waals surface area contributed by atoms with Gasteiger partial charge < -0.3 is 4.57 Å². The Morgan fingerprint density at radius 1 is 0.489 bits per heavy atom. The van der Waals surface area contributed by atoms with Crippen molar-refractivity contribution in [1.29, 1.82) is 0 Å². The summed E-state index contributed by atoms with van der Waals surface area (Å²) >= 11 is 1.84. The Labute approximate surface area is 262 Å². The van der Waals surface area contributed by atoms with Gasteiger partial charge in [-0.2, -0.15) is 0 Å². The Balaban J connectivity index is 1.35. The van der Waals surface area contributed by atoms with Crippen LogP contribution in [-0.2, 0) is 0 Å². The number of hydrogen-bond acceptors (Lipinski definition) is 3. The van der Waals surface area contributed by atoms with E-state index in [2.05, 4.69) is 149 Å². The number of fused-ring (bicyclic) bond motifs is 8. The Morgan fingerprint density at radius 2 is 1.20 bits per heavy atom. The topological polar surface area (TPSA) is 35.6 Å². The molecule has 0 saturated carbocycles. The normalized spacial score (nSPS) is 12.0. The Kier molecular flexibility index (Phi) is 5.12. The van der Waals surface area contributed by atoms with Crippen LogP contribution in [0.5, 0.6) is 0 Å². The maximum atomic E-state index is 5.32. The molecule has 5 heteroatoms. The van der Waals surface area contributed by atoms with Crippen molar-refractivity contribution in [2.24, 2.45) is 0 Å². The third-order valence-electron chi connectivity index (χ3n) is 8.95. The second-order valence-corrected chi connectivity index (χ2v) is 12.6. The molecule has 0 aliphatic heterocycles. The van der Waals surface area contributed by atoms with Crippen molar-refractivity contribution in [3.8, 4) is 22.9 Å². The second-order valence-electron chi connectivity index (χ2n) is 11.5. The summed E-state index contributed by atoms with van der Waals surface area (Å²) in [5.74, 6) is 0.676. The molecule has 210 valence electrons. The van der Waals surface area contributed by atoms with Gasteiger partial charge in [-0.1, -0.05) is 84.9 Å². The molecule has 0 spiro atoms. The fraction of sp³-hybridized carbons (Fsp3) is 0. The first-order valence-electron chi connectivity index (χ1n) is 15.1. The second kappa shape index (κ2) is 9.36. The van der Waals surface area contributed by atoms with Gasteiger partial charge >= 0.3 is 0 Å². The summed E-state index contributed by atoms with van der Waals surface area (Å²) in [4.78, 5) is 10.5. The molecular weight excluding hydrogens is 569 g/mol. The molecule has 45 heavy (non-hydrogen) atoms. The molecule has 10 rings (SSSR count). The average Bonchev–Trinajstić information content (AvgIpc) is 3.77. The zero-order valence-electron chi connectivity index (χ0n) is 24.1. The summed E-state index contributed by atoms with van der Waals surface area (Å²) in [6.45, 7) is 0. The molecule has 0 N–H and O–H groups in total. The van der Waals surface area contributed by atoms with Gasteiger partial charge in [0.15, 0.2) is 0 Å². The minimum Gasteiger partial charge on any atom is -0.317 e. The van der Waals surface area contributed by atoms with E-state index in [1.807, 2.05) is 17.4 Å². The van der Waals surface area contributed by atoms with Gasteiger partial charge in [-0.05, 0) is 54.6 Å². The van der Waals surface area contributed by atoms with Crippen LogP contribution in [0, 0.1) is 0 Å². The first-order valence-corrected chi connectivity index (χ1v) is 15.9. The molecule has 4 aromatic heterocycles. The summed E-state index contributed by atoms with van der Waals surface area (Å²) < 4.78 is 7.10. The average molecular weight is 593 g/mol. The largest absolute Gasteiger partial charge is 0.317 e. The van der Waals surface area contributed by atoms with E-state index in [1.54, 1.807) is 0 Å². The molecule has 0 saturated heterocycles. The minimum absolute atomic E-state index is 0.676. The smallest absolute Gasteiger partial charge is 0.235 e. The van der Waals surface area contributed by atoms with Crippen LogP contribution >= 0.6 is 11.3 Å². The Hall–Kier alpha value is -5.78. The molecule has 0 radical (unpaired) electrons. The van der Waals surface area contributed by atoms with Crippen molar-refractivity contribution < 1.29 is 0 Å². The number of rotatable bonds is 3. The highest BCUT2D eigenvalue weighted by Gasteiger charge is 2.20. The van der Waals surface area contributed by atoms with E-state index in [-0.39, 0.29) is 0 Å². The molecule has 0 atom stereocenters. The zero-order chi connectivity index (χ0) is 29.5. The molecule has 6 aromatic carbocycles. The van der Waals surface area contributed by atoms with Crippen LogP contribution in [-0.4, -0.2) is 19.1 Å². The van der Waals surface area contributed by atoms with Gasteiger partial charge in [-0.25, -0.2) is 9.97 Å². The standard InChI is InChI=1S/C40H24N4S/c1-3-11-25(12-4-1)39-29-16-7-9-17-33(29)41-40(42-39)44-35-21-26-19-20-43(27-13-5-2-6-14-27)34(26)23-31(35)30-22-32-28-15-8-10-18-37(28)45-38(32)24-36(30)44/h1-24H. The molecule has 0 aliphatic rings. The SMILES string of the molecule is c1ccc(-c2nc(-n3c4cc5ccn(-c6ccccc6)c5cc4c4cc5c(cc43)sc3ccccc35)nc3ccccc23)cc1. The minimum atomic E-state index is 0.676. The van der Waals surface area contributed by atoms with E-state index >= 15 is 0 Å². The fourth-order valence-corrected chi connectivity index (χ4v) is 7.99. The molecule has 0 amide bonds. The van der Waals surface area contributed by atoms with E-state index in [0.29, 0.717) is 5.95 Å². The third-order valence-corrected chi connectivity index (χ3v) is 10.1. The van der Waals surface area contributed by atoms with Crippen LogP contribution < -0.4 is 0 Å². The fourth-order valence-electron chi connectivity index (χ4n) is 6.87. The highest BCUT2D eigenvalue weighted by Crippen LogP contribution is 2.42. The van der Waals surface area contributed by atoms with Gasteiger partial charge in [0.2, 0.25) is 5.95 Å². The van der Waals surface area contributed by atoms with Crippen molar-refractivity contribution in [1.82, 2.24) is 19.1 Å². The Morgan fingerprint density at radius 3 is 2.07 bits per heavy atom. The van der Waals surface area contributed by atoms with Gasteiger partial charge in [-0.15, -0.1) is 11.3 Å². The van der Waals surface area contributed by atoms with Crippen molar-refractivity contribution in [2.45, 2.75) is 0 Å². The highest BCUT2D eigenvalue weighted by molar-refractivity contribution is 7.25. The molecule has 0 unspecified atom stereocenters. The van der Waals surface area contributed by atoms with E-state index in [1.165, 1.54) is 41.8 Å². The van der Waals surface area contributed by atoms with Gasteiger partial charge in [0.05, 0.1) is 27.8 Å². The lowest BCUT2D eigenvalue weighted by Crippen LogP contribution is -2.03. The van der Waals surface area contributed by atoms with Crippen molar-refractivity contribution in [2.75, 3.05) is 0 Å². The summed E-state index contributed by atoms with van der Waals surface area (Å²) in [5.41, 5.74) is 7.46. The molecular formula is C40H24N4S. The van der Waals surface area contributed by atoms with Crippen LogP contribution in [0.1, 0.15) is 0 Å². The summed E-state index contributed by atoms with van der Waals surface area (Å²) in [5, 5.41) is 7.17. The summed E-state index contributed by atoms with van der Waals surface area (Å²) in [7, 11) is 0. The molecule has 0 fully saturated rings. The number of nitrogens with zero attached hydrogens (tertiary/aromatic N) is 4. The van der Waals surface area contributed by atoms with Gasteiger partial charge in [-0.3, -0.25) is 4.57 Å². The quantitative estimate of drug-likeness (QED) is 0.205. The predicted molar refractivity (Wildman–Crippen MR) is 189 cm³/mol. The molecule has 4 nitrogen and oxygen atoms in total. The van der Waals surface area contributed by atoms with Crippen LogP contribution in [0.25, 0.3) is 86.7 Å². The lowest BCUT2D eigenvalue weighted by atomic mass is 10.1. The summed E-state index contributed by atoms with van der Waals surface area (Å²) in [6.07, 6.45) is 2.16. The Bertz CT molecular complexity index is 2750. The maximum Gasteiger partial charge on any atom is 0.235 e. The number of hydrogen-bond donors (Lipinski definition) is 0. The predicted octanol–water partition coefficient (Wildman–Crippen LogP) is 10.7. The van der Waals surface area contributed by atoms with Crippen molar-refractivity contribution in [3.05, 3.63) is 146 Å².